The topological polar surface area (TPSA) is 32.7 Å². The van der Waals surface area contributed by atoms with Crippen molar-refractivity contribution in [3.63, 3.8) is 0 Å². The van der Waals surface area contributed by atoms with Crippen molar-refractivity contribution in [2.45, 2.75) is 32.6 Å². The first-order chi connectivity index (χ1) is 12.5. The Morgan fingerprint density at radius 3 is 2.69 bits per heavy atom. The van der Waals surface area contributed by atoms with Crippen LogP contribution >= 0.6 is 23.2 Å². The van der Waals surface area contributed by atoms with Crippen LogP contribution in [0.15, 0.2) is 47.5 Å². The first kappa shape index (κ1) is 18.9. The van der Waals surface area contributed by atoms with Crippen LogP contribution in [-0.4, -0.2) is 24.7 Å². The molecule has 0 spiro atoms. The number of benzene rings is 2. The lowest BCUT2D eigenvalue weighted by Crippen LogP contribution is -2.36. The zero-order valence-electron chi connectivity index (χ0n) is 14.8. The second-order valence-corrected chi connectivity index (χ2v) is 7.40. The van der Waals surface area contributed by atoms with E-state index in [2.05, 4.69) is 19.1 Å². The van der Waals surface area contributed by atoms with Crippen LogP contribution in [0.1, 0.15) is 41.6 Å². The lowest BCUT2D eigenvalue weighted by Gasteiger charge is -2.26. The number of amidine groups is 1. The molecule has 0 N–H and O–H groups in total. The number of ketones is 1. The maximum Gasteiger partial charge on any atom is 0.182 e. The van der Waals surface area contributed by atoms with Crippen molar-refractivity contribution >= 4 is 40.5 Å². The van der Waals surface area contributed by atoms with E-state index in [0.29, 0.717) is 15.6 Å². The highest BCUT2D eigenvalue weighted by molar-refractivity contribution is 6.42. The fraction of sp³-hybridized carbons (Fsp3) is 0.333. The summed E-state index contributed by atoms with van der Waals surface area (Å²) in [6.45, 7) is 3.11. The Hall–Kier alpha value is -1.84. The lowest BCUT2D eigenvalue weighted by atomic mass is 10.1. The van der Waals surface area contributed by atoms with Gasteiger partial charge in [0.15, 0.2) is 5.78 Å². The molecule has 2 aromatic rings. The van der Waals surface area contributed by atoms with Gasteiger partial charge in [0, 0.05) is 24.2 Å². The Balaban J connectivity index is 1.91. The minimum absolute atomic E-state index is 0.00276. The highest BCUT2D eigenvalue weighted by atomic mass is 35.5. The van der Waals surface area contributed by atoms with Crippen LogP contribution in [0.5, 0.6) is 0 Å². The van der Waals surface area contributed by atoms with E-state index in [1.165, 1.54) is 6.42 Å². The summed E-state index contributed by atoms with van der Waals surface area (Å²) in [4.78, 5) is 19.7. The summed E-state index contributed by atoms with van der Waals surface area (Å²) < 4.78 is 0. The van der Waals surface area contributed by atoms with Gasteiger partial charge in [0.05, 0.1) is 16.6 Å². The number of anilines is 1. The standard InChI is InChI=1S/C21H22Cl2N2O/c1-15-6-5-7-17(12-15)25(21-8-3-2-4-11-24-21)14-20(26)16-9-10-18(22)19(23)13-16/h5-7,9-10,12-13H,2-4,8,11,14H2,1H3. The van der Waals surface area contributed by atoms with Gasteiger partial charge in [0.2, 0.25) is 0 Å². The molecule has 5 heteroatoms. The fourth-order valence-corrected chi connectivity index (χ4v) is 3.41. The van der Waals surface area contributed by atoms with Gasteiger partial charge in [-0.2, -0.15) is 0 Å². The molecule has 136 valence electrons. The first-order valence-corrected chi connectivity index (χ1v) is 9.66. The Morgan fingerprint density at radius 2 is 1.92 bits per heavy atom. The highest BCUT2D eigenvalue weighted by Gasteiger charge is 2.20. The summed E-state index contributed by atoms with van der Waals surface area (Å²) in [6, 6.07) is 13.2. The molecule has 1 aliphatic rings. The van der Waals surface area contributed by atoms with Gasteiger partial charge in [0.1, 0.15) is 5.84 Å². The summed E-state index contributed by atoms with van der Waals surface area (Å²) in [5.41, 5.74) is 2.72. The average molecular weight is 389 g/mol. The van der Waals surface area contributed by atoms with Gasteiger partial charge < -0.3 is 4.90 Å². The molecular weight excluding hydrogens is 367 g/mol. The van der Waals surface area contributed by atoms with E-state index in [0.717, 1.165) is 42.9 Å². The summed E-state index contributed by atoms with van der Waals surface area (Å²) in [5.74, 6) is 0.985. The fourth-order valence-electron chi connectivity index (χ4n) is 3.11. The lowest BCUT2D eigenvalue weighted by molar-refractivity contribution is 0.100. The second kappa shape index (κ2) is 8.70. The predicted molar refractivity (Wildman–Crippen MR) is 110 cm³/mol. The van der Waals surface area contributed by atoms with Crippen LogP contribution in [0.3, 0.4) is 0 Å². The Kier molecular flexibility index (Phi) is 6.33. The van der Waals surface area contributed by atoms with Gasteiger partial charge in [-0.3, -0.25) is 9.79 Å². The van der Waals surface area contributed by atoms with E-state index in [9.17, 15) is 4.79 Å². The van der Waals surface area contributed by atoms with E-state index in [1.54, 1.807) is 18.2 Å². The van der Waals surface area contributed by atoms with Crippen molar-refractivity contribution in [2.24, 2.45) is 4.99 Å². The third-order valence-electron chi connectivity index (χ3n) is 4.52. The third kappa shape index (κ3) is 4.66. The monoisotopic (exact) mass is 388 g/mol. The Bertz CT molecular complexity index is 833. The molecule has 3 nitrogen and oxygen atoms in total. The number of aliphatic imine (C=N–C) groups is 1. The predicted octanol–water partition coefficient (Wildman–Crippen LogP) is 5.96. The first-order valence-electron chi connectivity index (χ1n) is 8.90. The summed E-state index contributed by atoms with van der Waals surface area (Å²) in [6.07, 6.45) is 4.27. The molecule has 26 heavy (non-hydrogen) atoms. The molecule has 2 aromatic carbocycles. The quantitative estimate of drug-likeness (QED) is 0.604. The van der Waals surface area contributed by atoms with Crippen LogP contribution in [0.25, 0.3) is 0 Å². The number of aryl methyl sites for hydroxylation is 1. The van der Waals surface area contributed by atoms with Gasteiger partial charge in [0.25, 0.3) is 0 Å². The number of Topliss-reactive ketones (excluding diaryl/α,β-unsaturated/α-hetero) is 1. The second-order valence-electron chi connectivity index (χ2n) is 6.59. The van der Waals surface area contributed by atoms with Crippen molar-refractivity contribution in [1.29, 1.82) is 0 Å². The molecule has 0 atom stereocenters. The summed E-state index contributed by atoms with van der Waals surface area (Å²) in [7, 11) is 0. The van der Waals surface area contributed by atoms with Gasteiger partial charge in [-0.05, 0) is 55.7 Å². The molecule has 0 radical (unpaired) electrons. The van der Waals surface area contributed by atoms with Crippen LogP contribution in [-0.2, 0) is 0 Å². The van der Waals surface area contributed by atoms with Gasteiger partial charge in [-0.15, -0.1) is 0 Å². The van der Waals surface area contributed by atoms with Crippen LogP contribution < -0.4 is 4.90 Å². The van der Waals surface area contributed by atoms with Gasteiger partial charge in [-0.1, -0.05) is 41.8 Å². The molecule has 0 fully saturated rings. The zero-order chi connectivity index (χ0) is 18.5. The molecule has 1 heterocycles. The molecule has 0 aliphatic carbocycles. The molecule has 0 unspecified atom stereocenters. The van der Waals surface area contributed by atoms with E-state index in [1.807, 2.05) is 17.0 Å². The summed E-state index contributed by atoms with van der Waals surface area (Å²) in [5, 5.41) is 0.846. The molecule has 0 amide bonds. The normalized spacial score (nSPS) is 14.5. The maximum atomic E-state index is 12.9. The number of hydrogen-bond acceptors (Lipinski definition) is 3. The maximum absolute atomic E-state index is 12.9. The van der Waals surface area contributed by atoms with E-state index >= 15 is 0 Å². The van der Waals surface area contributed by atoms with Crippen molar-refractivity contribution in [3.05, 3.63) is 63.6 Å². The number of halogens is 2. The van der Waals surface area contributed by atoms with E-state index < -0.39 is 0 Å². The summed E-state index contributed by atoms with van der Waals surface area (Å²) >= 11 is 12.1. The van der Waals surface area contributed by atoms with Crippen molar-refractivity contribution in [2.75, 3.05) is 18.0 Å². The number of rotatable bonds is 4. The van der Waals surface area contributed by atoms with E-state index in [-0.39, 0.29) is 12.3 Å². The molecule has 0 aromatic heterocycles. The highest BCUT2D eigenvalue weighted by Crippen LogP contribution is 2.24. The average Bonchev–Trinajstić information content (AvgIpc) is 2.91. The third-order valence-corrected chi connectivity index (χ3v) is 5.26. The Labute approximate surface area is 164 Å². The molecule has 3 rings (SSSR count). The van der Waals surface area contributed by atoms with Gasteiger partial charge in [-0.25, -0.2) is 0 Å². The van der Waals surface area contributed by atoms with Gasteiger partial charge >= 0.3 is 0 Å². The number of hydrogen-bond donors (Lipinski definition) is 0. The molecule has 0 bridgehead atoms. The molecule has 1 aliphatic heterocycles. The van der Waals surface area contributed by atoms with Crippen molar-refractivity contribution in [3.8, 4) is 0 Å². The van der Waals surface area contributed by atoms with E-state index in [4.69, 9.17) is 28.2 Å². The molecule has 0 saturated heterocycles. The van der Waals surface area contributed by atoms with Crippen molar-refractivity contribution < 1.29 is 4.79 Å². The van der Waals surface area contributed by atoms with Crippen LogP contribution in [0.4, 0.5) is 5.69 Å². The smallest absolute Gasteiger partial charge is 0.182 e. The van der Waals surface area contributed by atoms with Crippen molar-refractivity contribution in [1.82, 2.24) is 0 Å². The minimum Gasteiger partial charge on any atom is -0.322 e. The minimum atomic E-state index is -0.00276. The van der Waals surface area contributed by atoms with Crippen LogP contribution in [0.2, 0.25) is 10.0 Å². The zero-order valence-corrected chi connectivity index (χ0v) is 16.4. The number of carbonyl (C=O) groups is 1. The van der Waals surface area contributed by atoms with Crippen LogP contribution in [0, 0.1) is 6.92 Å². The Morgan fingerprint density at radius 1 is 1.08 bits per heavy atom. The molecule has 0 saturated carbocycles. The number of nitrogens with zero attached hydrogens (tertiary/aromatic N) is 2. The SMILES string of the molecule is Cc1cccc(N(CC(=O)c2ccc(Cl)c(Cl)c2)C2=NCCCCC2)c1. The number of carbonyl (C=O) groups excluding carboxylic acids is 1. The molecular formula is C21H22Cl2N2O. The largest absolute Gasteiger partial charge is 0.322 e.